The van der Waals surface area contributed by atoms with Gasteiger partial charge in [0, 0.05) is 44.7 Å². The Labute approximate surface area is 149 Å². The molecule has 0 amide bonds. The molecule has 1 aliphatic heterocycles. The summed E-state index contributed by atoms with van der Waals surface area (Å²) >= 11 is 1.72. The smallest absolute Gasteiger partial charge is 0.191 e. The Balaban J connectivity index is 1.81. The van der Waals surface area contributed by atoms with E-state index in [0.717, 1.165) is 63.7 Å². The number of rotatable bonds is 8. The van der Waals surface area contributed by atoms with Gasteiger partial charge in [-0.1, -0.05) is 6.92 Å². The number of guanidine groups is 1. The van der Waals surface area contributed by atoms with Crippen molar-refractivity contribution >= 4 is 17.3 Å². The maximum absolute atomic E-state index is 5.16. The highest BCUT2D eigenvalue weighted by molar-refractivity contribution is 7.09. The lowest BCUT2D eigenvalue weighted by Crippen LogP contribution is -2.49. The molecule has 1 aliphatic rings. The molecule has 24 heavy (non-hydrogen) atoms. The van der Waals surface area contributed by atoms with Gasteiger partial charge >= 0.3 is 0 Å². The van der Waals surface area contributed by atoms with Gasteiger partial charge in [-0.15, -0.1) is 11.3 Å². The molecule has 0 atom stereocenters. The second kappa shape index (κ2) is 10.6. The minimum Gasteiger partial charge on any atom is -0.383 e. The first-order chi connectivity index (χ1) is 11.7. The first-order valence-electron chi connectivity index (χ1n) is 8.94. The number of nitrogens with one attached hydrogen (secondary N) is 2. The minimum atomic E-state index is 0.489. The van der Waals surface area contributed by atoms with Crippen LogP contribution < -0.4 is 10.6 Å². The summed E-state index contributed by atoms with van der Waals surface area (Å²) in [6, 6.07) is 0.489. The Hall–Kier alpha value is -1.18. The summed E-state index contributed by atoms with van der Waals surface area (Å²) in [5.41, 5.74) is 1.06. The maximum Gasteiger partial charge on any atom is 0.191 e. The third-order valence-electron chi connectivity index (χ3n) is 4.19. The summed E-state index contributed by atoms with van der Waals surface area (Å²) in [4.78, 5) is 11.7. The molecule has 0 spiro atoms. The number of thiazole rings is 1. The van der Waals surface area contributed by atoms with Crippen molar-refractivity contribution in [1.29, 1.82) is 0 Å². The van der Waals surface area contributed by atoms with Gasteiger partial charge in [0.25, 0.3) is 0 Å². The van der Waals surface area contributed by atoms with Crippen molar-refractivity contribution in [3.63, 3.8) is 0 Å². The van der Waals surface area contributed by atoms with E-state index in [0.29, 0.717) is 12.6 Å². The van der Waals surface area contributed by atoms with Crippen LogP contribution in [0, 0.1) is 0 Å². The predicted octanol–water partition coefficient (Wildman–Crippen LogP) is 1.87. The van der Waals surface area contributed by atoms with Crippen molar-refractivity contribution in [2.75, 3.05) is 39.9 Å². The fraction of sp³-hybridized carbons (Fsp3) is 0.765. The number of aromatic nitrogens is 1. The highest BCUT2D eigenvalue weighted by Crippen LogP contribution is 2.12. The summed E-state index contributed by atoms with van der Waals surface area (Å²) < 4.78 is 5.16. The van der Waals surface area contributed by atoms with Crippen molar-refractivity contribution in [2.24, 2.45) is 4.99 Å². The molecule has 0 aliphatic carbocycles. The number of hydrogen-bond donors (Lipinski definition) is 2. The van der Waals surface area contributed by atoms with Gasteiger partial charge in [-0.3, -0.25) is 0 Å². The third kappa shape index (κ3) is 6.37. The molecule has 2 N–H and O–H groups in total. The van der Waals surface area contributed by atoms with Crippen LogP contribution in [0.5, 0.6) is 0 Å². The Morgan fingerprint density at radius 3 is 2.83 bits per heavy atom. The van der Waals surface area contributed by atoms with Crippen molar-refractivity contribution in [3.8, 4) is 0 Å². The van der Waals surface area contributed by atoms with Gasteiger partial charge < -0.3 is 20.3 Å². The van der Waals surface area contributed by atoms with E-state index in [4.69, 9.17) is 9.73 Å². The molecule has 136 valence electrons. The number of piperidine rings is 1. The molecule has 1 saturated heterocycles. The number of methoxy groups -OCH3 is 1. The topological polar surface area (TPSA) is 61.8 Å². The molecule has 0 aromatic carbocycles. The molecule has 6 nitrogen and oxygen atoms in total. The van der Waals surface area contributed by atoms with E-state index >= 15 is 0 Å². The molecule has 0 radical (unpaired) electrons. The largest absolute Gasteiger partial charge is 0.383 e. The number of aliphatic imine (C=N–C) groups is 1. The van der Waals surface area contributed by atoms with E-state index in [-0.39, 0.29) is 0 Å². The SMILES string of the molecule is CCNC(=NCc1csc(CC)n1)NC1CCN(CCOC)CC1. The molecule has 2 rings (SSSR count). The fourth-order valence-corrected chi connectivity index (χ4v) is 3.51. The van der Waals surface area contributed by atoms with Crippen LogP contribution in [0.3, 0.4) is 0 Å². The van der Waals surface area contributed by atoms with Crippen LogP contribution in [0.1, 0.15) is 37.4 Å². The standard InChI is InChI=1S/C17H31N5OS/c1-4-16-20-15(13-24-16)12-19-17(18-5-2)21-14-6-8-22(9-7-14)10-11-23-3/h13-14H,4-12H2,1-3H3,(H2,18,19,21). The highest BCUT2D eigenvalue weighted by Gasteiger charge is 2.19. The van der Waals surface area contributed by atoms with Gasteiger partial charge in [0.05, 0.1) is 23.9 Å². The van der Waals surface area contributed by atoms with Crippen LogP contribution in [0.2, 0.25) is 0 Å². The average molecular weight is 354 g/mol. The second-order valence-corrected chi connectivity index (χ2v) is 6.98. The summed E-state index contributed by atoms with van der Waals surface area (Å²) in [7, 11) is 1.76. The Morgan fingerprint density at radius 1 is 1.42 bits per heavy atom. The molecular formula is C17H31N5OS. The molecular weight excluding hydrogens is 322 g/mol. The van der Waals surface area contributed by atoms with E-state index < -0.39 is 0 Å². The lowest BCUT2D eigenvalue weighted by molar-refractivity contribution is 0.128. The molecule has 2 heterocycles. The molecule has 0 saturated carbocycles. The van der Waals surface area contributed by atoms with E-state index in [2.05, 4.69) is 39.7 Å². The van der Waals surface area contributed by atoms with E-state index in [1.54, 1.807) is 18.4 Å². The molecule has 1 aromatic heterocycles. The predicted molar refractivity (Wildman–Crippen MR) is 101 cm³/mol. The monoisotopic (exact) mass is 353 g/mol. The van der Waals surface area contributed by atoms with Gasteiger partial charge in [0.1, 0.15) is 0 Å². The zero-order valence-electron chi connectivity index (χ0n) is 15.2. The van der Waals surface area contributed by atoms with Crippen molar-refractivity contribution in [1.82, 2.24) is 20.5 Å². The number of aryl methyl sites for hydroxylation is 1. The van der Waals surface area contributed by atoms with Crippen LogP contribution >= 0.6 is 11.3 Å². The van der Waals surface area contributed by atoms with Gasteiger partial charge in [0.15, 0.2) is 5.96 Å². The summed E-state index contributed by atoms with van der Waals surface area (Å²) in [6.45, 7) is 9.82. The quantitative estimate of drug-likeness (QED) is 0.552. The molecule has 1 fully saturated rings. The zero-order valence-corrected chi connectivity index (χ0v) is 16.0. The normalized spacial score (nSPS) is 17.2. The molecule has 0 unspecified atom stereocenters. The second-order valence-electron chi connectivity index (χ2n) is 6.03. The number of ether oxygens (including phenoxy) is 1. The minimum absolute atomic E-state index is 0.489. The Bertz CT molecular complexity index is 497. The van der Waals surface area contributed by atoms with Crippen molar-refractivity contribution in [2.45, 2.75) is 45.7 Å². The molecule has 7 heteroatoms. The van der Waals surface area contributed by atoms with E-state index in [1.807, 2.05) is 0 Å². The average Bonchev–Trinajstić information content (AvgIpc) is 3.07. The van der Waals surface area contributed by atoms with Crippen LogP contribution in [-0.2, 0) is 17.7 Å². The van der Waals surface area contributed by atoms with Gasteiger partial charge in [-0.05, 0) is 26.2 Å². The third-order valence-corrected chi connectivity index (χ3v) is 5.23. The van der Waals surface area contributed by atoms with Gasteiger partial charge in [-0.25, -0.2) is 9.98 Å². The fourth-order valence-electron chi connectivity index (χ4n) is 2.78. The van der Waals surface area contributed by atoms with Crippen LogP contribution in [0.4, 0.5) is 0 Å². The highest BCUT2D eigenvalue weighted by atomic mass is 32.1. The van der Waals surface area contributed by atoms with Crippen LogP contribution in [0.15, 0.2) is 10.4 Å². The summed E-state index contributed by atoms with van der Waals surface area (Å²) in [5, 5.41) is 10.2. The van der Waals surface area contributed by atoms with Crippen molar-refractivity contribution < 1.29 is 4.74 Å². The molecule has 0 bridgehead atoms. The van der Waals surface area contributed by atoms with Crippen LogP contribution in [0.25, 0.3) is 0 Å². The lowest BCUT2D eigenvalue weighted by Gasteiger charge is -2.32. The molecule has 1 aromatic rings. The summed E-state index contributed by atoms with van der Waals surface area (Å²) in [6.07, 6.45) is 3.28. The van der Waals surface area contributed by atoms with Crippen molar-refractivity contribution in [3.05, 3.63) is 16.1 Å². The first-order valence-corrected chi connectivity index (χ1v) is 9.82. The zero-order chi connectivity index (χ0) is 17.2. The summed E-state index contributed by atoms with van der Waals surface area (Å²) in [5.74, 6) is 0.902. The number of nitrogens with zero attached hydrogens (tertiary/aromatic N) is 3. The number of hydrogen-bond acceptors (Lipinski definition) is 5. The maximum atomic E-state index is 5.16. The lowest BCUT2D eigenvalue weighted by atomic mass is 10.1. The van der Waals surface area contributed by atoms with Gasteiger partial charge in [-0.2, -0.15) is 0 Å². The number of likely N-dealkylation sites (tertiary alicyclic amines) is 1. The van der Waals surface area contributed by atoms with Gasteiger partial charge in [0.2, 0.25) is 0 Å². The van der Waals surface area contributed by atoms with E-state index in [9.17, 15) is 0 Å². The Kier molecular flexibility index (Phi) is 8.49. The van der Waals surface area contributed by atoms with E-state index in [1.165, 1.54) is 5.01 Å². The first kappa shape index (κ1) is 19.1. The Morgan fingerprint density at radius 2 is 2.21 bits per heavy atom. The van der Waals surface area contributed by atoms with Crippen LogP contribution in [-0.4, -0.2) is 61.8 Å².